The molecule has 0 radical (unpaired) electrons. The highest BCUT2D eigenvalue weighted by Gasteiger charge is 2.20. The summed E-state index contributed by atoms with van der Waals surface area (Å²) in [6.45, 7) is 5.59. The van der Waals surface area contributed by atoms with Crippen LogP contribution in [-0.4, -0.2) is 41.5 Å². The summed E-state index contributed by atoms with van der Waals surface area (Å²) in [5.74, 6) is 1.30. The lowest BCUT2D eigenvalue weighted by Gasteiger charge is -2.32. The summed E-state index contributed by atoms with van der Waals surface area (Å²) in [5.41, 5.74) is 1.68. The van der Waals surface area contributed by atoms with E-state index in [2.05, 4.69) is 21.6 Å². The molecule has 0 bridgehead atoms. The Hall–Kier alpha value is -1.79. The second-order valence-electron chi connectivity index (χ2n) is 5.19. The van der Waals surface area contributed by atoms with Crippen LogP contribution < -0.4 is 4.90 Å². The third-order valence-electron chi connectivity index (χ3n) is 3.73. The molecule has 5 nitrogen and oxygen atoms in total. The molecule has 110 valence electrons. The van der Waals surface area contributed by atoms with Crippen molar-refractivity contribution in [2.24, 2.45) is 10.9 Å². The molecule has 1 aliphatic rings. The third kappa shape index (κ3) is 3.11. The second kappa shape index (κ2) is 6.32. The van der Waals surface area contributed by atoms with Crippen molar-refractivity contribution >= 4 is 29.0 Å². The van der Waals surface area contributed by atoms with Gasteiger partial charge < -0.3 is 10.0 Å². The average Bonchev–Trinajstić information content (AvgIpc) is 3.04. The van der Waals surface area contributed by atoms with Crippen LogP contribution in [0.15, 0.2) is 28.6 Å². The Morgan fingerprint density at radius 2 is 2.29 bits per heavy atom. The molecular weight excluding hydrogens is 284 g/mol. The van der Waals surface area contributed by atoms with Crippen LogP contribution in [0.1, 0.15) is 12.8 Å². The highest BCUT2D eigenvalue weighted by atomic mass is 32.1. The molecular formula is C15H18N4OS. The first-order valence-corrected chi connectivity index (χ1v) is 7.93. The van der Waals surface area contributed by atoms with E-state index in [0.717, 1.165) is 43.1 Å². The summed E-state index contributed by atoms with van der Waals surface area (Å²) in [7, 11) is 0. The van der Waals surface area contributed by atoms with Gasteiger partial charge in [0.15, 0.2) is 0 Å². The van der Waals surface area contributed by atoms with Crippen LogP contribution in [0.3, 0.4) is 0 Å². The number of nitrogens with zero attached hydrogens (tertiary/aromatic N) is 4. The maximum absolute atomic E-state index is 9.35. The molecule has 3 heterocycles. The third-order valence-corrected chi connectivity index (χ3v) is 4.50. The van der Waals surface area contributed by atoms with Crippen molar-refractivity contribution in [1.29, 1.82) is 0 Å². The molecule has 1 aliphatic heterocycles. The monoisotopic (exact) mass is 302 g/mol. The highest BCUT2D eigenvalue weighted by Crippen LogP contribution is 2.27. The molecule has 1 fully saturated rings. The van der Waals surface area contributed by atoms with Crippen LogP contribution in [0.25, 0.3) is 11.4 Å². The van der Waals surface area contributed by atoms with Crippen molar-refractivity contribution in [3.63, 3.8) is 0 Å². The van der Waals surface area contributed by atoms with Crippen LogP contribution in [0, 0.1) is 5.92 Å². The fourth-order valence-electron chi connectivity index (χ4n) is 2.62. The fraction of sp³-hybridized carbons (Fsp3) is 0.400. The topological polar surface area (TPSA) is 61.6 Å². The Balaban J connectivity index is 1.84. The minimum absolute atomic E-state index is 0.247. The molecule has 0 saturated carbocycles. The number of aliphatic hydroxyl groups excluding tert-OH is 1. The lowest BCUT2D eigenvalue weighted by molar-refractivity contribution is 0.208. The molecule has 1 saturated heterocycles. The van der Waals surface area contributed by atoms with Crippen LogP contribution in [0.4, 0.5) is 10.9 Å². The number of hydrogen-bond donors (Lipinski definition) is 1. The summed E-state index contributed by atoms with van der Waals surface area (Å²) >= 11 is 1.46. The molecule has 2 aromatic heterocycles. The van der Waals surface area contributed by atoms with Gasteiger partial charge in [-0.2, -0.15) is 0 Å². The average molecular weight is 302 g/mol. The predicted octanol–water partition coefficient (Wildman–Crippen LogP) is 2.75. The van der Waals surface area contributed by atoms with Crippen LogP contribution in [0.2, 0.25) is 0 Å². The smallest absolute Gasteiger partial charge is 0.209 e. The first-order chi connectivity index (χ1) is 10.3. The minimum atomic E-state index is 0.247. The van der Waals surface area contributed by atoms with Gasteiger partial charge in [0.25, 0.3) is 0 Å². The van der Waals surface area contributed by atoms with E-state index in [1.54, 1.807) is 0 Å². The van der Waals surface area contributed by atoms with E-state index < -0.39 is 0 Å². The molecule has 0 amide bonds. The quantitative estimate of drug-likeness (QED) is 0.882. The number of hydrogen-bond acceptors (Lipinski definition) is 6. The van der Waals surface area contributed by atoms with Gasteiger partial charge in [0.1, 0.15) is 11.5 Å². The molecule has 0 aliphatic carbocycles. The second-order valence-corrected chi connectivity index (χ2v) is 6.03. The highest BCUT2D eigenvalue weighted by molar-refractivity contribution is 7.13. The number of aliphatic imine (C=N–C) groups is 1. The number of aromatic nitrogens is 2. The molecule has 0 aromatic carbocycles. The van der Waals surface area contributed by atoms with Crippen LogP contribution in [-0.2, 0) is 0 Å². The largest absolute Gasteiger partial charge is 0.396 e. The Bertz CT molecular complexity index is 628. The van der Waals surface area contributed by atoms with E-state index >= 15 is 0 Å². The zero-order valence-corrected chi connectivity index (χ0v) is 12.6. The minimum Gasteiger partial charge on any atom is -0.396 e. The van der Waals surface area contributed by atoms with Gasteiger partial charge in [-0.1, -0.05) is 6.07 Å². The molecule has 1 N–H and O–H groups in total. The van der Waals surface area contributed by atoms with Gasteiger partial charge in [-0.05, 0) is 37.6 Å². The lowest BCUT2D eigenvalue weighted by Crippen LogP contribution is -2.37. The van der Waals surface area contributed by atoms with Gasteiger partial charge in [-0.3, -0.25) is 0 Å². The summed E-state index contributed by atoms with van der Waals surface area (Å²) in [4.78, 5) is 15.2. The van der Waals surface area contributed by atoms with Crippen molar-refractivity contribution in [3.05, 3.63) is 23.6 Å². The molecule has 3 rings (SSSR count). The fourth-order valence-corrected chi connectivity index (χ4v) is 3.23. The van der Waals surface area contributed by atoms with Gasteiger partial charge in [0, 0.05) is 25.1 Å². The van der Waals surface area contributed by atoms with Crippen molar-refractivity contribution in [2.45, 2.75) is 12.8 Å². The summed E-state index contributed by atoms with van der Waals surface area (Å²) < 4.78 is 0. The summed E-state index contributed by atoms with van der Waals surface area (Å²) in [6, 6.07) is 5.97. The number of rotatable bonds is 4. The van der Waals surface area contributed by atoms with Crippen molar-refractivity contribution in [2.75, 3.05) is 24.6 Å². The van der Waals surface area contributed by atoms with Crippen LogP contribution >= 0.6 is 11.3 Å². The van der Waals surface area contributed by atoms with E-state index in [4.69, 9.17) is 4.98 Å². The molecule has 0 spiro atoms. The molecule has 1 unspecified atom stereocenters. The van der Waals surface area contributed by atoms with Gasteiger partial charge >= 0.3 is 0 Å². The number of thiazole rings is 1. The first kappa shape index (κ1) is 14.2. The Labute approximate surface area is 128 Å². The van der Waals surface area contributed by atoms with E-state index in [-0.39, 0.29) is 6.61 Å². The maximum Gasteiger partial charge on any atom is 0.209 e. The Morgan fingerprint density at radius 1 is 1.38 bits per heavy atom. The van der Waals surface area contributed by atoms with E-state index in [1.165, 1.54) is 11.3 Å². The summed E-state index contributed by atoms with van der Waals surface area (Å²) in [5, 5.41) is 12.0. The van der Waals surface area contributed by atoms with Crippen molar-refractivity contribution in [1.82, 2.24) is 9.97 Å². The standard InChI is InChI=1S/C15H18N4OS/c1-16-15-18-13(10-21-15)12-5-2-6-14(17-12)19-7-3-4-11(8-19)9-20/h2,5-6,10-11,20H,1,3-4,7-9H2. The normalized spacial score (nSPS) is 18.7. The zero-order chi connectivity index (χ0) is 14.7. The van der Waals surface area contributed by atoms with E-state index in [0.29, 0.717) is 11.0 Å². The van der Waals surface area contributed by atoms with E-state index in [9.17, 15) is 5.11 Å². The number of aliphatic hydroxyl groups is 1. The lowest BCUT2D eigenvalue weighted by atomic mass is 9.99. The van der Waals surface area contributed by atoms with E-state index in [1.807, 2.05) is 23.6 Å². The molecule has 1 atom stereocenters. The van der Waals surface area contributed by atoms with Gasteiger partial charge in [-0.15, -0.1) is 11.3 Å². The number of anilines is 1. The van der Waals surface area contributed by atoms with Crippen molar-refractivity contribution < 1.29 is 5.11 Å². The summed E-state index contributed by atoms with van der Waals surface area (Å²) in [6.07, 6.45) is 2.19. The van der Waals surface area contributed by atoms with Crippen LogP contribution in [0.5, 0.6) is 0 Å². The van der Waals surface area contributed by atoms with Gasteiger partial charge in [0.05, 0.1) is 5.69 Å². The maximum atomic E-state index is 9.35. The van der Waals surface area contributed by atoms with Crippen molar-refractivity contribution in [3.8, 4) is 11.4 Å². The predicted molar refractivity (Wildman–Crippen MR) is 86.6 cm³/mol. The number of pyridine rings is 1. The molecule has 21 heavy (non-hydrogen) atoms. The van der Waals surface area contributed by atoms with Gasteiger partial charge in [0.2, 0.25) is 5.13 Å². The Kier molecular flexibility index (Phi) is 4.26. The first-order valence-electron chi connectivity index (χ1n) is 7.05. The molecule has 6 heteroatoms. The SMILES string of the molecule is C=Nc1nc(-c2cccc(N3CCCC(CO)C3)n2)cs1. The Morgan fingerprint density at radius 3 is 3.05 bits per heavy atom. The van der Waals surface area contributed by atoms with Gasteiger partial charge in [-0.25, -0.2) is 15.0 Å². The molecule has 2 aromatic rings. The zero-order valence-electron chi connectivity index (χ0n) is 11.8. The number of piperidine rings is 1.